The van der Waals surface area contributed by atoms with Gasteiger partial charge in [-0.1, -0.05) is 0 Å². The lowest BCUT2D eigenvalue weighted by Crippen LogP contribution is -2.27. The van der Waals surface area contributed by atoms with Crippen LogP contribution in [0.1, 0.15) is 0 Å². The van der Waals surface area contributed by atoms with E-state index >= 15 is 0 Å². The number of nitrogens with zero attached hydrogens (tertiary/aromatic N) is 3. The Bertz CT molecular complexity index is 198. The monoisotopic (exact) mass is 178 g/mol. The highest BCUT2D eigenvalue weighted by Crippen LogP contribution is 2.00. The summed E-state index contributed by atoms with van der Waals surface area (Å²) in [5.74, 6) is 0. The van der Waals surface area contributed by atoms with Gasteiger partial charge in [-0.05, 0) is 0 Å². The fourth-order valence-electron chi connectivity index (χ4n) is 0.464. The van der Waals surface area contributed by atoms with E-state index in [2.05, 4.69) is 0 Å². The number of nitro groups is 3. The highest BCUT2D eigenvalue weighted by atomic mass is 16.7. The summed E-state index contributed by atoms with van der Waals surface area (Å²) in [4.78, 5) is 26.4. The molecule has 1 radical (unpaired) electrons. The third kappa shape index (κ3) is 4.09. The highest BCUT2D eigenvalue weighted by molar-refractivity contribution is 4.73. The minimum atomic E-state index is -1.11. The molecule has 0 saturated carbocycles. The summed E-state index contributed by atoms with van der Waals surface area (Å²) in [6.45, 7) is -2.21. The lowest BCUT2D eigenvalue weighted by atomic mass is 10.3. The zero-order valence-corrected chi connectivity index (χ0v) is 5.71. The van der Waals surface area contributed by atoms with E-state index in [1.165, 1.54) is 0 Å². The van der Waals surface area contributed by atoms with Crippen molar-refractivity contribution >= 4 is 0 Å². The molecule has 0 heterocycles. The van der Waals surface area contributed by atoms with E-state index in [1.807, 2.05) is 0 Å². The van der Waals surface area contributed by atoms with Crippen molar-refractivity contribution < 1.29 is 14.8 Å². The Morgan fingerprint density at radius 1 is 0.917 bits per heavy atom. The Labute approximate surface area is 65.4 Å². The summed E-state index contributed by atoms with van der Waals surface area (Å²) in [5, 5.41) is 29.4. The topological polar surface area (TPSA) is 129 Å². The minimum Gasteiger partial charge on any atom is -0.264 e. The molecule has 0 aliphatic rings. The van der Waals surface area contributed by atoms with Gasteiger partial charge in [0.25, 0.3) is 13.1 Å². The van der Waals surface area contributed by atoms with E-state index in [4.69, 9.17) is 0 Å². The fourth-order valence-corrected chi connectivity index (χ4v) is 0.464. The molecule has 0 saturated heterocycles. The lowest BCUT2D eigenvalue weighted by molar-refractivity contribution is -0.584. The van der Waals surface area contributed by atoms with E-state index < -0.39 is 33.9 Å². The minimum absolute atomic E-state index is 0.926. The smallest absolute Gasteiger partial charge is 0.264 e. The molecule has 0 spiro atoms. The van der Waals surface area contributed by atoms with Crippen LogP contribution in [0.4, 0.5) is 0 Å². The van der Waals surface area contributed by atoms with Crippen LogP contribution in [-0.4, -0.2) is 27.9 Å². The summed E-state index contributed by atoms with van der Waals surface area (Å²) in [5.41, 5.74) is 0. The molecule has 0 atom stereocenters. The molecule has 0 aliphatic heterocycles. The molecule has 0 fully saturated rings. The number of hydrogen-bond donors (Lipinski definition) is 0. The molecule has 0 aromatic heterocycles. The average Bonchev–Trinajstić information content (AvgIpc) is 1.83. The van der Waals surface area contributed by atoms with Crippen molar-refractivity contribution in [2.75, 3.05) is 13.1 Å². The van der Waals surface area contributed by atoms with Gasteiger partial charge >= 0.3 is 6.04 Å². The molecular weight excluding hydrogens is 174 g/mol. The van der Waals surface area contributed by atoms with Gasteiger partial charge in [0.05, 0.1) is 0 Å². The first-order valence-corrected chi connectivity index (χ1v) is 2.66. The van der Waals surface area contributed by atoms with Crippen molar-refractivity contribution in [2.24, 2.45) is 0 Å². The van der Waals surface area contributed by atoms with Crippen LogP contribution in [0.5, 0.6) is 0 Å². The summed E-state index contributed by atoms with van der Waals surface area (Å²) in [7, 11) is 0. The molecule has 12 heavy (non-hydrogen) atoms. The van der Waals surface area contributed by atoms with Crippen LogP contribution in [0.25, 0.3) is 0 Å². The third-order valence-corrected chi connectivity index (χ3v) is 0.881. The van der Waals surface area contributed by atoms with Gasteiger partial charge in [-0.15, -0.1) is 0 Å². The first-order chi connectivity index (χ1) is 5.43. The first-order valence-electron chi connectivity index (χ1n) is 2.66. The van der Waals surface area contributed by atoms with Crippen LogP contribution < -0.4 is 0 Å². The lowest BCUT2D eigenvalue weighted by Gasteiger charge is -1.96. The maximum atomic E-state index is 9.93. The van der Waals surface area contributed by atoms with E-state index in [1.54, 1.807) is 0 Å². The van der Waals surface area contributed by atoms with Crippen LogP contribution in [-0.2, 0) is 0 Å². The zero-order chi connectivity index (χ0) is 9.72. The molecule has 9 nitrogen and oxygen atoms in total. The standard InChI is InChI=1S/C3H4N3O6/c7-4(8)1-3(6(11)12)2-5(9)10/h1-2H2. The summed E-state index contributed by atoms with van der Waals surface area (Å²) in [6.07, 6.45) is 0. The molecule has 0 aromatic carbocycles. The van der Waals surface area contributed by atoms with Crippen molar-refractivity contribution in [1.29, 1.82) is 0 Å². The molecule has 0 rings (SSSR count). The Morgan fingerprint density at radius 2 is 1.25 bits per heavy atom. The molecule has 0 aromatic rings. The quantitative estimate of drug-likeness (QED) is 0.406. The third-order valence-electron chi connectivity index (χ3n) is 0.881. The van der Waals surface area contributed by atoms with Crippen LogP contribution in [0, 0.1) is 36.4 Å². The summed E-state index contributed by atoms with van der Waals surface area (Å²) >= 11 is 0. The Balaban J connectivity index is 4.14. The van der Waals surface area contributed by atoms with Crippen LogP contribution in [0.15, 0.2) is 0 Å². The van der Waals surface area contributed by atoms with Crippen LogP contribution in [0.3, 0.4) is 0 Å². The molecular formula is C3H4N3O6. The molecule has 67 valence electrons. The average molecular weight is 178 g/mol. The summed E-state index contributed by atoms with van der Waals surface area (Å²) in [6, 6.07) is -0.926. The van der Waals surface area contributed by atoms with Crippen molar-refractivity contribution in [3.05, 3.63) is 36.4 Å². The van der Waals surface area contributed by atoms with Gasteiger partial charge in [-0.3, -0.25) is 30.3 Å². The molecule has 0 aliphatic carbocycles. The second-order valence-corrected chi connectivity index (χ2v) is 1.81. The van der Waals surface area contributed by atoms with Crippen molar-refractivity contribution in [2.45, 2.75) is 0 Å². The van der Waals surface area contributed by atoms with Gasteiger partial charge in [-0.2, -0.15) is 0 Å². The van der Waals surface area contributed by atoms with Gasteiger partial charge in [0, 0.05) is 14.8 Å². The number of hydrogen-bond acceptors (Lipinski definition) is 6. The van der Waals surface area contributed by atoms with Gasteiger partial charge in [0.2, 0.25) is 0 Å². The molecule has 9 heteroatoms. The van der Waals surface area contributed by atoms with Gasteiger partial charge in [0.15, 0.2) is 0 Å². The Morgan fingerprint density at radius 3 is 1.42 bits per heavy atom. The van der Waals surface area contributed by atoms with E-state index in [9.17, 15) is 30.3 Å². The predicted octanol–water partition coefficient (Wildman–Crippen LogP) is -0.652. The van der Waals surface area contributed by atoms with Gasteiger partial charge < -0.3 is 0 Å². The second kappa shape index (κ2) is 4.16. The van der Waals surface area contributed by atoms with Crippen LogP contribution in [0.2, 0.25) is 0 Å². The maximum Gasteiger partial charge on any atom is 0.428 e. The van der Waals surface area contributed by atoms with Crippen molar-refractivity contribution in [3.8, 4) is 0 Å². The Hall–Kier alpha value is -1.80. The van der Waals surface area contributed by atoms with Crippen molar-refractivity contribution in [1.82, 2.24) is 0 Å². The molecule has 0 unspecified atom stereocenters. The zero-order valence-electron chi connectivity index (χ0n) is 5.71. The van der Waals surface area contributed by atoms with Crippen LogP contribution >= 0.6 is 0 Å². The maximum absolute atomic E-state index is 9.93. The van der Waals surface area contributed by atoms with Crippen molar-refractivity contribution in [3.63, 3.8) is 0 Å². The second-order valence-electron chi connectivity index (χ2n) is 1.81. The normalized spacial score (nSPS) is 9.75. The molecule has 0 bridgehead atoms. The first kappa shape index (κ1) is 10.2. The summed E-state index contributed by atoms with van der Waals surface area (Å²) < 4.78 is 0. The largest absolute Gasteiger partial charge is 0.428 e. The number of rotatable bonds is 5. The van der Waals surface area contributed by atoms with E-state index in [0.29, 0.717) is 0 Å². The molecule has 0 N–H and O–H groups in total. The van der Waals surface area contributed by atoms with Gasteiger partial charge in [0.1, 0.15) is 0 Å². The van der Waals surface area contributed by atoms with Gasteiger partial charge in [-0.25, -0.2) is 0 Å². The molecule has 0 amide bonds. The SMILES string of the molecule is O=[N+]([O-])C[C](C[N+](=O)[O-])[N+](=O)[O-]. The predicted molar refractivity (Wildman–Crippen MR) is 34.0 cm³/mol. The fraction of sp³-hybridized carbons (Fsp3) is 0.667. The van der Waals surface area contributed by atoms with E-state index in [0.717, 1.165) is 0 Å². The Kier molecular flexibility index (Phi) is 3.53. The highest BCUT2D eigenvalue weighted by Gasteiger charge is 2.35. The van der Waals surface area contributed by atoms with E-state index in [-0.39, 0.29) is 0 Å².